The minimum absolute atomic E-state index is 0.320. The SMILES string of the molecule is CC(C)(C)OC(=O)C(=O)C(Cl)Cc1ccccc1. The van der Waals surface area contributed by atoms with Gasteiger partial charge in [0.15, 0.2) is 0 Å². The van der Waals surface area contributed by atoms with E-state index in [9.17, 15) is 9.59 Å². The smallest absolute Gasteiger partial charge is 0.376 e. The third-order valence-corrected chi connectivity index (χ3v) is 2.49. The number of alkyl halides is 1. The summed E-state index contributed by atoms with van der Waals surface area (Å²) in [5.74, 6) is -1.58. The van der Waals surface area contributed by atoms with Gasteiger partial charge >= 0.3 is 5.97 Å². The number of carbonyl (C=O) groups excluding carboxylic acids is 2. The van der Waals surface area contributed by atoms with Gasteiger partial charge in [-0.15, -0.1) is 11.6 Å². The number of ether oxygens (including phenoxy) is 1. The standard InChI is InChI=1S/C14H17ClO3/c1-14(2,3)18-13(17)12(16)11(15)9-10-7-5-4-6-8-10/h4-8,11H,9H2,1-3H3. The normalized spacial score (nSPS) is 12.9. The van der Waals surface area contributed by atoms with Crippen LogP contribution in [-0.4, -0.2) is 22.7 Å². The molecule has 0 aromatic heterocycles. The van der Waals surface area contributed by atoms with E-state index in [1.165, 1.54) is 0 Å². The number of Topliss-reactive ketones (excluding diaryl/α,β-unsaturated/α-hetero) is 1. The summed E-state index contributed by atoms with van der Waals surface area (Å²) in [5.41, 5.74) is 0.227. The van der Waals surface area contributed by atoms with E-state index in [1.54, 1.807) is 20.8 Å². The lowest BCUT2D eigenvalue weighted by Gasteiger charge is -2.19. The van der Waals surface area contributed by atoms with Crippen molar-refractivity contribution in [2.24, 2.45) is 0 Å². The van der Waals surface area contributed by atoms with Crippen LogP contribution in [0, 0.1) is 0 Å². The zero-order chi connectivity index (χ0) is 13.8. The highest BCUT2D eigenvalue weighted by Crippen LogP contribution is 2.13. The fourth-order valence-corrected chi connectivity index (χ4v) is 1.64. The van der Waals surface area contributed by atoms with Gasteiger partial charge in [-0.05, 0) is 32.8 Å². The summed E-state index contributed by atoms with van der Waals surface area (Å²) in [6.45, 7) is 5.12. The highest BCUT2D eigenvalue weighted by atomic mass is 35.5. The van der Waals surface area contributed by atoms with Gasteiger partial charge in [0, 0.05) is 0 Å². The molecule has 1 atom stereocenters. The predicted octanol–water partition coefficient (Wildman–Crippen LogP) is 2.75. The van der Waals surface area contributed by atoms with Crippen LogP contribution >= 0.6 is 11.6 Å². The third kappa shape index (κ3) is 4.88. The van der Waals surface area contributed by atoms with Crippen LogP contribution in [0.15, 0.2) is 30.3 Å². The first-order valence-electron chi connectivity index (χ1n) is 5.75. The molecule has 0 aliphatic heterocycles. The molecular weight excluding hydrogens is 252 g/mol. The topological polar surface area (TPSA) is 43.4 Å². The van der Waals surface area contributed by atoms with Crippen LogP contribution < -0.4 is 0 Å². The zero-order valence-electron chi connectivity index (χ0n) is 10.8. The number of halogens is 1. The first-order chi connectivity index (χ1) is 8.29. The third-order valence-electron chi connectivity index (χ3n) is 2.14. The summed E-state index contributed by atoms with van der Waals surface area (Å²) in [4.78, 5) is 23.3. The Morgan fingerprint density at radius 2 is 1.78 bits per heavy atom. The van der Waals surface area contributed by atoms with E-state index < -0.39 is 22.7 Å². The molecule has 0 bridgehead atoms. The summed E-state index contributed by atoms with van der Waals surface area (Å²) in [5, 5.41) is -0.887. The highest BCUT2D eigenvalue weighted by Gasteiger charge is 2.28. The van der Waals surface area contributed by atoms with Gasteiger partial charge in [0.25, 0.3) is 5.78 Å². The number of carbonyl (C=O) groups is 2. The van der Waals surface area contributed by atoms with E-state index in [1.807, 2.05) is 30.3 Å². The van der Waals surface area contributed by atoms with E-state index in [0.29, 0.717) is 6.42 Å². The van der Waals surface area contributed by atoms with Crippen LogP contribution in [0.5, 0.6) is 0 Å². The monoisotopic (exact) mass is 268 g/mol. The van der Waals surface area contributed by atoms with Crippen molar-refractivity contribution in [2.45, 2.75) is 38.2 Å². The van der Waals surface area contributed by atoms with Crippen molar-refractivity contribution in [2.75, 3.05) is 0 Å². The van der Waals surface area contributed by atoms with E-state index in [0.717, 1.165) is 5.56 Å². The summed E-state index contributed by atoms with van der Waals surface area (Å²) < 4.78 is 4.99. The molecule has 1 aromatic rings. The van der Waals surface area contributed by atoms with E-state index in [4.69, 9.17) is 16.3 Å². The second-order valence-corrected chi connectivity index (χ2v) is 5.55. The summed E-state index contributed by atoms with van der Waals surface area (Å²) in [6, 6.07) is 9.31. The van der Waals surface area contributed by atoms with Crippen molar-refractivity contribution in [3.8, 4) is 0 Å². The molecule has 4 heteroatoms. The number of benzene rings is 1. The van der Waals surface area contributed by atoms with Gasteiger partial charge < -0.3 is 4.74 Å². The first kappa shape index (κ1) is 14.7. The lowest BCUT2D eigenvalue weighted by Crippen LogP contribution is -2.34. The minimum atomic E-state index is -0.887. The quantitative estimate of drug-likeness (QED) is 0.479. The predicted molar refractivity (Wildman–Crippen MR) is 70.6 cm³/mol. The molecule has 0 spiro atoms. The Bertz CT molecular complexity index is 420. The maximum absolute atomic E-state index is 11.7. The number of ketones is 1. The molecule has 1 aromatic carbocycles. The zero-order valence-corrected chi connectivity index (χ0v) is 11.5. The molecule has 1 rings (SSSR count). The number of rotatable bonds is 4. The Morgan fingerprint density at radius 3 is 2.28 bits per heavy atom. The maximum Gasteiger partial charge on any atom is 0.376 e. The van der Waals surface area contributed by atoms with Crippen LogP contribution in [0.4, 0.5) is 0 Å². The molecule has 0 saturated carbocycles. The molecular formula is C14H17ClO3. The second kappa shape index (κ2) is 6.01. The summed E-state index contributed by atoms with van der Waals surface area (Å²) in [6.07, 6.45) is 0.320. The number of hydrogen-bond acceptors (Lipinski definition) is 3. The molecule has 18 heavy (non-hydrogen) atoms. The van der Waals surface area contributed by atoms with Crippen LogP contribution in [0.25, 0.3) is 0 Å². The first-order valence-corrected chi connectivity index (χ1v) is 6.18. The van der Waals surface area contributed by atoms with Crippen LogP contribution in [0.3, 0.4) is 0 Å². The van der Waals surface area contributed by atoms with Crippen LogP contribution in [-0.2, 0) is 20.7 Å². The van der Waals surface area contributed by atoms with Crippen LogP contribution in [0.1, 0.15) is 26.3 Å². The molecule has 3 nitrogen and oxygen atoms in total. The Hall–Kier alpha value is -1.35. The molecule has 0 aliphatic rings. The Kier molecular flexibility index (Phi) is 4.91. The van der Waals surface area contributed by atoms with Crippen molar-refractivity contribution in [3.05, 3.63) is 35.9 Å². The van der Waals surface area contributed by atoms with E-state index in [2.05, 4.69) is 0 Å². The van der Waals surface area contributed by atoms with Gasteiger partial charge in [-0.25, -0.2) is 4.79 Å². The minimum Gasteiger partial charge on any atom is -0.454 e. The van der Waals surface area contributed by atoms with Gasteiger partial charge in [-0.2, -0.15) is 0 Å². The van der Waals surface area contributed by atoms with E-state index >= 15 is 0 Å². The van der Waals surface area contributed by atoms with Gasteiger partial charge in [-0.3, -0.25) is 4.79 Å². The summed E-state index contributed by atoms with van der Waals surface area (Å²) in [7, 11) is 0. The molecule has 0 heterocycles. The molecule has 0 radical (unpaired) electrons. The fourth-order valence-electron chi connectivity index (χ4n) is 1.37. The lowest BCUT2D eigenvalue weighted by molar-refractivity contribution is -0.162. The fraction of sp³-hybridized carbons (Fsp3) is 0.429. The largest absolute Gasteiger partial charge is 0.454 e. The molecule has 0 aliphatic carbocycles. The maximum atomic E-state index is 11.7. The Labute approximate surface area is 112 Å². The Balaban J connectivity index is 2.59. The van der Waals surface area contributed by atoms with Crippen molar-refractivity contribution >= 4 is 23.4 Å². The van der Waals surface area contributed by atoms with Crippen molar-refractivity contribution in [1.82, 2.24) is 0 Å². The van der Waals surface area contributed by atoms with Gasteiger partial charge in [0.05, 0.1) is 0 Å². The average Bonchev–Trinajstić information content (AvgIpc) is 2.27. The number of esters is 1. The van der Waals surface area contributed by atoms with Crippen molar-refractivity contribution in [3.63, 3.8) is 0 Å². The highest BCUT2D eigenvalue weighted by molar-refractivity contribution is 6.47. The Morgan fingerprint density at radius 1 is 1.22 bits per heavy atom. The van der Waals surface area contributed by atoms with E-state index in [-0.39, 0.29) is 0 Å². The number of hydrogen-bond donors (Lipinski definition) is 0. The molecule has 0 fully saturated rings. The van der Waals surface area contributed by atoms with Gasteiger partial charge in [0.1, 0.15) is 11.0 Å². The molecule has 98 valence electrons. The molecule has 0 amide bonds. The molecule has 0 saturated heterocycles. The molecule has 0 N–H and O–H groups in total. The van der Waals surface area contributed by atoms with Crippen molar-refractivity contribution < 1.29 is 14.3 Å². The lowest BCUT2D eigenvalue weighted by atomic mass is 10.1. The van der Waals surface area contributed by atoms with Gasteiger partial charge in [-0.1, -0.05) is 30.3 Å². The average molecular weight is 269 g/mol. The second-order valence-electron chi connectivity index (χ2n) is 5.02. The van der Waals surface area contributed by atoms with Crippen molar-refractivity contribution in [1.29, 1.82) is 0 Å². The van der Waals surface area contributed by atoms with Gasteiger partial charge in [0.2, 0.25) is 0 Å². The van der Waals surface area contributed by atoms with Crippen LogP contribution in [0.2, 0.25) is 0 Å². The summed E-state index contributed by atoms with van der Waals surface area (Å²) >= 11 is 5.94. The molecule has 1 unspecified atom stereocenters.